The maximum absolute atomic E-state index is 14.1. The SMILES string of the molecule is O=c1n(CC(F)(F)c2ccccc2)nc2ccccn12. The molecule has 2 heterocycles. The number of aromatic nitrogens is 3. The molecule has 0 aliphatic rings. The Morgan fingerprint density at radius 3 is 2.45 bits per heavy atom. The van der Waals surface area contributed by atoms with Crippen molar-refractivity contribution >= 4 is 5.65 Å². The monoisotopic (exact) mass is 275 g/mol. The van der Waals surface area contributed by atoms with Gasteiger partial charge >= 0.3 is 5.69 Å². The average Bonchev–Trinajstić information content (AvgIpc) is 2.76. The second-order valence-corrected chi connectivity index (χ2v) is 4.44. The lowest BCUT2D eigenvalue weighted by molar-refractivity contribution is -0.0263. The fourth-order valence-electron chi connectivity index (χ4n) is 2.03. The van der Waals surface area contributed by atoms with Crippen LogP contribution in [0.25, 0.3) is 5.65 Å². The fourth-order valence-corrected chi connectivity index (χ4v) is 2.03. The van der Waals surface area contributed by atoms with E-state index in [1.807, 2.05) is 0 Å². The standard InChI is InChI=1S/C14H11F2N3O/c15-14(16,11-6-2-1-3-7-11)10-19-13(20)18-9-5-4-8-12(18)17-19/h1-9H,10H2. The normalized spacial score (nSPS) is 11.9. The van der Waals surface area contributed by atoms with Crippen molar-refractivity contribution < 1.29 is 8.78 Å². The van der Waals surface area contributed by atoms with Gasteiger partial charge in [0.25, 0.3) is 5.92 Å². The lowest BCUT2D eigenvalue weighted by Gasteiger charge is -2.15. The highest BCUT2D eigenvalue weighted by Gasteiger charge is 2.33. The van der Waals surface area contributed by atoms with Gasteiger partial charge in [0.2, 0.25) is 0 Å². The molecule has 0 fully saturated rings. The molecule has 6 heteroatoms. The summed E-state index contributed by atoms with van der Waals surface area (Å²) in [5.74, 6) is -3.15. The predicted molar refractivity (Wildman–Crippen MR) is 69.8 cm³/mol. The van der Waals surface area contributed by atoms with Crippen LogP contribution in [-0.4, -0.2) is 14.2 Å². The smallest absolute Gasteiger partial charge is 0.250 e. The van der Waals surface area contributed by atoms with Crippen molar-refractivity contribution in [1.29, 1.82) is 0 Å². The van der Waals surface area contributed by atoms with Crippen molar-refractivity contribution in [2.45, 2.75) is 12.5 Å². The van der Waals surface area contributed by atoms with Gasteiger partial charge in [-0.1, -0.05) is 36.4 Å². The van der Waals surface area contributed by atoms with Crippen LogP contribution in [0.15, 0.2) is 59.5 Å². The zero-order valence-corrected chi connectivity index (χ0v) is 10.4. The first-order valence-corrected chi connectivity index (χ1v) is 6.05. The van der Waals surface area contributed by atoms with Gasteiger partial charge in [-0.25, -0.2) is 9.48 Å². The molecule has 2 aromatic heterocycles. The third-order valence-electron chi connectivity index (χ3n) is 3.03. The van der Waals surface area contributed by atoms with Gasteiger partial charge in [0.15, 0.2) is 5.65 Å². The van der Waals surface area contributed by atoms with E-state index < -0.39 is 18.2 Å². The topological polar surface area (TPSA) is 39.3 Å². The Morgan fingerprint density at radius 2 is 1.75 bits per heavy atom. The van der Waals surface area contributed by atoms with Crippen molar-refractivity contribution in [2.24, 2.45) is 0 Å². The van der Waals surface area contributed by atoms with Crippen LogP contribution in [-0.2, 0) is 12.5 Å². The van der Waals surface area contributed by atoms with E-state index in [2.05, 4.69) is 5.10 Å². The summed E-state index contributed by atoms with van der Waals surface area (Å²) in [6.45, 7) is -0.780. The number of hydrogen-bond donors (Lipinski definition) is 0. The van der Waals surface area contributed by atoms with Crippen LogP contribution in [0.2, 0.25) is 0 Å². The zero-order chi connectivity index (χ0) is 14.2. The highest BCUT2D eigenvalue weighted by molar-refractivity contribution is 5.35. The Kier molecular flexibility index (Phi) is 2.85. The Bertz CT molecular complexity index is 793. The molecule has 0 saturated carbocycles. The average molecular weight is 275 g/mol. The van der Waals surface area contributed by atoms with Gasteiger partial charge in [-0.2, -0.15) is 8.78 Å². The molecule has 0 unspecified atom stereocenters. The summed E-state index contributed by atoms with van der Waals surface area (Å²) in [6.07, 6.45) is 1.50. The number of fused-ring (bicyclic) bond motifs is 1. The molecule has 3 aromatic rings. The first-order chi connectivity index (χ1) is 9.58. The van der Waals surface area contributed by atoms with E-state index in [-0.39, 0.29) is 5.56 Å². The lowest BCUT2D eigenvalue weighted by Crippen LogP contribution is -2.30. The molecule has 0 spiro atoms. The van der Waals surface area contributed by atoms with Gasteiger partial charge in [0, 0.05) is 11.8 Å². The molecule has 0 N–H and O–H groups in total. The maximum atomic E-state index is 14.1. The van der Waals surface area contributed by atoms with Crippen LogP contribution in [0, 0.1) is 0 Å². The molecular formula is C14H11F2N3O. The van der Waals surface area contributed by atoms with E-state index in [1.54, 1.807) is 24.3 Å². The number of hydrogen-bond acceptors (Lipinski definition) is 2. The fraction of sp³-hybridized carbons (Fsp3) is 0.143. The Balaban J connectivity index is 2.01. The minimum absolute atomic E-state index is 0.135. The molecular weight excluding hydrogens is 264 g/mol. The maximum Gasteiger partial charge on any atom is 0.350 e. The first-order valence-electron chi connectivity index (χ1n) is 6.05. The van der Waals surface area contributed by atoms with Gasteiger partial charge in [-0.15, -0.1) is 5.10 Å². The number of pyridine rings is 1. The third kappa shape index (κ3) is 2.09. The summed E-state index contributed by atoms with van der Waals surface area (Å²) in [7, 11) is 0. The first kappa shape index (κ1) is 12.5. The van der Waals surface area contributed by atoms with Crippen LogP contribution in [0.5, 0.6) is 0 Å². The van der Waals surface area contributed by atoms with Crippen LogP contribution >= 0.6 is 0 Å². The van der Waals surface area contributed by atoms with Crippen molar-refractivity contribution in [2.75, 3.05) is 0 Å². The summed E-state index contributed by atoms with van der Waals surface area (Å²) in [5.41, 5.74) is -0.360. The molecule has 0 bridgehead atoms. The molecule has 20 heavy (non-hydrogen) atoms. The highest BCUT2D eigenvalue weighted by atomic mass is 19.3. The van der Waals surface area contributed by atoms with Crippen molar-refractivity contribution in [3.63, 3.8) is 0 Å². The van der Waals surface area contributed by atoms with E-state index in [1.165, 1.54) is 34.9 Å². The Morgan fingerprint density at radius 1 is 1.05 bits per heavy atom. The summed E-state index contributed by atoms with van der Waals surface area (Å²) in [5, 5.41) is 3.91. The number of nitrogens with zero attached hydrogens (tertiary/aromatic N) is 3. The van der Waals surface area contributed by atoms with Gasteiger partial charge in [-0.05, 0) is 12.1 Å². The predicted octanol–water partition coefficient (Wildman–Crippen LogP) is 2.29. The Labute approximate surface area is 112 Å². The number of alkyl halides is 2. The van der Waals surface area contributed by atoms with E-state index in [0.717, 1.165) is 4.68 Å². The van der Waals surface area contributed by atoms with Gasteiger partial charge in [-0.3, -0.25) is 4.40 Å². The summed E-state index contributed by atoms with van der Waals surface area (Å²) < 4.78 is 30.3. The zero-order valence-electron chi connectivity index (χ0n) is 10.4. The van der Waals surface area contributed by atoms with E-state index in [4.69, 9.17) is 0 Å². The van der Waals surface area contributed by atoms with E-state index >= 15 is 0 Å². The molecule has 0 aliphatic heterocycles. The molecule has 4 nitrogen and oxygen atoms in total. The van der Waals surface area contributed by atoms with E-state index in [9.17, 15) is 13.6 Å². The van der Waals surface area contributed by atoms with Crippen LogP contribution in [0.3, 0.4) is 0 Å². The largest absolute Gasteiger partial charge is 0.350 e. The molecule has 3 rings (SSSR count). The number of benzene rings is 1. The van der Waals surface area contributed by atoms with Gasteiger partial charge in [0.05, 0.1) is 0 Å². The minimum Gasteiger partial charge on any atom is -0.250 e. The van der Waals surface area contributed by atoms with Gasteiger partial charge < -0.3 is 0 Å². The van der Waals surface area contributed by atoms with Gasteiger partial charge in [0.1, 0.15) is 6.54 Å². The summed E-state index contributed by atoms with van der Waals surface area (Å²) >= 11 is 0. The molecule has 0 amide bonds. The van der Waals surface area contributed by atoms with Crippen molar-refractivity contribution in [3.05, 3.63) is 70.8 Å². The molecule has 1 aromatic carbocycles. The summed E-state index contributed by atoms with van der Waals surface area (Å²) in [4.78, 5) is 12.0. The Hall–Kier alpha value is -2.50. The molecule has 0 atom stereocenters. The van der Waals surface area contributed by atoms with Crippen LogP contribution in [0.1, 0.15) is 5.56 Å². The van der Waals surface area contributed by atoms with Crippen molar-refractivity contribution in [3.8, 4) is 0 Å². The van der Waals surface area contributed by atoms with Crippen LogP contribution in [0.4, 0.5) is 8.78 Å². The van der Waals surface area contributed by atoms with Crippen LogP contribution < -0.4 is 5.69 Å². The minimum atomic E-state index is -3.15. The lowest BCUT2D eigenvalue weighted by atomic mass is 10.1. The molecule has 0 radical (unpaired) electrons. The second-order valence-electron chi connectivity index (χ2n) is 4.44. The quantitative estimate of drug-likeness (QED) is 0.735. The molecule has 0 saturated heterocycles. The van der Waals surface area contributed by atoms with E-state index in [0.29, 0.717) is 5.65 Å². The molecule has 0 aliphatic carbocycles. The summed E-state index contributed by atoms with van der Waals surface area (Å²) in [6, 6.07) is 12.3. The second kappa shape index (κ2) is 4.56. The number of halogens is 2. The third-order valence-corrected chi connectivity index (χ3v) is 3.03. The molecule has 102 valence electrons. The van der Waals surface area contributed by atoms with Crippen molar-refractivity contribution in [1.82, 2.24) is 14.2 Å². The number of rotatable bonds is 3. The highest BCUT2D eigenvalue weighted by Crippen LogP contribution is 2.28.